The minimum atomic E-state index is -0.467. The lowest BCUT2D eigenvalue weighted by Crippen LogP contribution is -2.28. The van der Waals surface area contributed by atoms with E-state index in [-0.39, 0.29) is 5.41 Å². The monoisotopic (exact) mass is 809 g/mol. The number of fused-ring (bicyclic) bond motifs is 7. The second-order valence-corrected chi connectivity index (χ2v) is 18.6. The fourth-order valence-electron chi connectivity index (χ4n) is 12.1. The van der Waals surface area contributed by atoms with Crippen molar-refractivity contribution < 1.29 is 0 Å². The van der Waals surface area contributed by atoms with Crippen LogP contribution in [-0.2, 0) is 10.8 Å². The van der Waals surface area contributed by atoms with E-state index < -0.39 is 5.41 Å². The Morgan fingerprint density at radius 3 is 1.63 bits per heavy atom. The van der Waals surface area contributed by atoms with E-state index in [0.29, 0.717) is 5.92 Å². The van der Waals surface area contributed by atoms with Gasteiger partial charge in [0.15, 0.2) is 0 Å². The molecule has 304 valence electrons. The molecule has 3 aliphatic rings. The number of rotatable bonds is 7. The Bertz CT molecular complexity index is 3130. The molecule has 1 saturated carbocycles. The Morgan fingerprint density at radius 1 is 0.397 bits per heavy atom. The van der Waals surface area contributed by atoms with Crippen LogP contribution >= 0.6 is 0 Å². The first kappa shape index (κ1) is 37.8. The number of benzene rings is 9. The molecule has 0 saturated heterocycles. The van der Waals surface area contributed by atoms with Crippen LogP contribution in [0.15, 0.2) is 206 Å². The molecule has 3 aliphatic carbocycles. The zero-order valence-corrected chi connectivity index (χ0v) is 36.2. The molecular formula is C62H51N. The number of anilines is 3. The molecule has 9 aromatic carbocycles. The minimum Gasteiger partial charge on any atom is -0.309 e. The molecule has 0 spiro atoms. The zero-order valence-electron chi connectivity index (χ0n) is 36.2. The quantitative estimate of drug-likeness (QED) is 0.155. The third-order valence-electron chi connectivity index (χ3n) is 15.0. The van der Waals surface area contributed by atoms with E-state index in [0.717, 1.165) is 5.69 Å². The van der Waals surface area contributed by atoms with Crippen molar-refractivity contribution in [2.24, 2.45) is 0 Å². The first-order chi connectivity index (χ1) is 31.0. The summed E-state index contributed by atoms with van der Waals surface area (Å²) in [6.07, 6.45) is 6.49. The maximum Gasteiger partial charge on any atom is 0.0713 e. The average Bonchev–Trinajstić information content (AvgIpc) is 3.78. The van der Waals surface area contributed by atoms with Crippen LogP contribution in [0.25, 0.3) is 44.2 Å². The molecule has 1 nitrogen and oxygen atoms in total. The molecule has 0 aliphatic heterocycles. The molecule has 0 radical (unpaired) electrons. The van der Waals surface area contributed by atoms with Crippen LogP contribution in [0.5, 0.6) is 0 Å². The molecule has 0 atom stereocenters. The summed E-state index contributed by atoms with van der Waals surface area (Å²) in [5, 5.41) is 2.73. The summed E-state index contributed by atoms with van der Waals surface area (Å²) in [7, 11) is 0. The highest BCUT2D eigenvalue weighted by Gasteiger charge is 2.46. The van der Waals surface area contributed by atoms with E-state index in [1.165, 1.54) is 127 Å². The van der Waals surface area contributed by atoms with Gasteiger partial charge in [-0.1, -0.05) is 215 Å². The van der Waals surface area contributed by atoms with Crippen molar-refractivity contribution in [3.05, 3.63) is 245 Å². The Kier molecular flexibility index (Phi) is 8.90. The van der Waals surface area contributed by atoms with Crippen molar-refractivity contribution in [2.45, 2.75) is 62.7 Å². The summed E-state index contributed by atoms with van der Waals surface area (Å²) < 4.78 is 0. The molecule has 0 unspecified atom stereocenters. The Labute approximate surface area is 372 Å². The highest BCUT2D eigenvalue weighted by Crippen LogP contribution is 2.58. The van der Waals surface area contributed by atoms with Crippen LogP contribution in [-0.4, -0.2) is 0 Å². The van der Waals surface area contributed by atoms with Crippen LogP contribution in [0.3, 0.4) is 0 Å². The van der Waals surface area contributed by atoms with Gasteiger partial charge in [0.05, 0.1) is 16.8 Å². The van der Waals surface area contributed by atoms with Gasteiger partial charge < -0.3 is 4.90 Å². The van der Waals surface area contributed by atoms with Crippen molar-refractivity contribution in [1.29, 1.82) is 0 Å². The van der Waals surface area contributed by atoms with Crippen molar-refractivity contribution in [3.8, 4) is 33.4 Å². The lowest BCUT2D eigenvalue weighted by molar-refractivity contribution is 0.445. The van der Waals surface area contributed by atoms with Gasteiger partial charge in [-0.25, -0.2) is 0 Å². The maximum absolute atomic E-state index is 2.57. The summed E-state index contributed by atoms with van der Waals surface area (Å²) in [6, 6.07) is 78.0. The summed E-state index contributed by atoms with van der Waals surface area (Å²) in [6.45, 7) is 4.77. The topological polar surface area (TPSA) is 3.24 Å². The van der Waals surface area contributed by atoms with E-state index in [9.17, 15) is 0 Å². The second-order valence-electron chi connectivity index (χ2n) is 18.6. The molecule has 63 heavy (non-hydrogen) atoms. The largest absolute Gasteiger partial charge is 0.309 e. The van der Waals surface area contributed by atoms with Gasteiger partial charge in [0.1, 0.15) is 0 Å². The van der Waals surface area contributed by atoms with Gasteiger partial charge in [0.2, 0.25) is 0 Å². The van der Waals surface area contributed by atoms with Crippen molar-refractivity contribution in [1.82, 2.24) is 0 Å². The van der Waals surface area contributed by atoms with Crippen LogP contribution < -0.4 is 4.90 Å². The van der Waals surface area contributed by atoms with Gasteiger partial charge in [-0.2, -0.15) is 0 Å². The van der Waals surface area contributed by atoms with Gasteiger partial charge in [-0.15, -0.1) is 0 Å². The SMILES string of the molecule is CC1(C)c2ccccc2-c2c(N(c3ccc(C4(c5ccccc5)c5ccccc5-c5ccccc54)cc3)c3ccccc3-c3cccc4cccc(C5CCCCC5)c34)cccc21. The van der Waals surface area contributed by atoms with Crippen LogP contribution in [0.2, 0.25) is 0 Å². The summed E-state index contributed by atoms with van der Waals surface area (Å²) in [5.74, 6) is 0.582. The Balaban J connectivity index is 1.11. The molecule has 9 aromatic rings. The molecule has 0 N–H and O–H groups in total. The Morgan fingerprint density at radius 2 is 0.921 bits per heavy atom. The zero-order chi connectivity index (χ0) is 42.1. The van der Waals surface area contributed by atoms with Crippen molar-refractivity contribution in [2.75, 3.05) is 4.90 Å². The normalized spacial score (nSPS) is 15.7. The molecule has 0 heterocycles. The fraction of sp³-hybridized carbons (Fsp3) is 0.161. The summed E-state index contributed by atoms with van der Waals surface area (Å²) >= 11 is 0. The van der Waals surface area contributed by atoms with Gasteiger partial charge in [-0.05, 0) is 115 Å². The predicted molar refractivity (Wildman–Crippen MR) is 265 cm³/mol. The smallest absolute Gasteiger partial charge is 0.0713 e. The number of hydrogen-bond donors (Lipinski definition) is 0. The lowest BCUT2D eigenvalue weighted by Gasteiger charge is -2.35. The van der Waals surface area contributed by atoms with E-state index >= 15 is 0 Å². The molecule has 1 heteroatoms. The minimum absolute atomic E-state index is 0.132. The second kappa shape index (κ2) is 14.8. The first-order valence-corrected chi connectivity index (χ1v) is 23.0. The summed E-state index contributed by atoms with van der Waals surface area (Å²) in [4.78, 5) is 2.57. The molecular weight excluding hydrogens is 759 g/mol. The Hall–Kier alpha value is -6.96. The van der Waals surface area contributed by atoms with Gasteiger partial charge >= 0.3 is 0 Å². The van der Waals surface area contributed by atoms with Gasteiger partial charge in [-0.3, -0.25) is 0 Å². The molecule has 0 amide bonds. The average molecular weight is 810 g/mol. The highest BCUT2D eigenvalue weighted by molar-refractivity contribution is 6.05. The van der Waals surface area contributed by atoms with Gasteiger partial charge in [0.25, 0.3) is 0 Å². The van der Waals surface area contributed by atoms with Gasteiger partial charge in [0, 0.05) is 22.2 Å². The van der Waals surface area contributed by atoms with E-state index in [2.05, 4.69) is 225 Å². The lowest BCUT2D eigenvalue weighted by atomic mass is 9.67. The number of hydrogen-bond acceptors (Lipinski definition) is 1. The third kappa shape index (κ3) is 5.68. The highest BCUT2D eigenvalue weighted by atomic mass is 15.1. The number of para-hydroxylation sites is 1. The van der Waals surface area contributed by atoms with Crippen LogP contribution in [0.4, 0.5) is 17.1 Å². The van der Waals surface area contributed by atoms with E-state index in [1.54, 1.807) is 0 Å². The molecule has 0 bridgehead atoms. The standard InChI is InChI=1S/C62H51N/c1-61(2)53-32-13-11-29-52(53)60-56(61)35-19-37-58(60)63(57-36-16-12-28-50(57)51-31-18-23-43-22-17-30-47(59(43)51)42-20-5-3-6-21-42)46-40-38-45(39-41-46)62(44-24-7-4-8-25-44)54-33-14-9-26-48(54)49-27-10-15-34-55(49)62/h4,7-19,22-42H,3,5-6,20-21H2,1-2H3. The third-order valence-corrected chi connectivity index (χ3v) is 15.0. The summed E-state index contributed by atoms with van der Waals surface area (Å²) in [5.41, 5.74) is 20.2. The molecule has 0 aromatic heterocycles. The van der Waals surface area contributed by atoms with Crippen LogP contribution in [0.1, 0.15) is 90.8 Å². The predicted octanol–water partition coefficient (Wildman–Crippen LogP) is 16.7. The van der Waals surface area contributed by atoms with Crippen LogP contribution in [0, 0.1) is 0 Å². The maximum atomic E-state index is 2.57. The number of nitrogens with zero attached hydrogens (tertiary/aromatic N) is 1. The molecule has 1 fully saturated rings. The fourth-order valence-corrected chi connectivity index (χ4v) is 12.1. The first-order valence-electron chi connectivity index (χ1n) is 23.0. The van der Waals surface area contributed by atoms with Crippen molar-refractivity contribution >= 4 is 27.8 Å². The van der Waals surface area contributed by atoms with E-state index in [4.69, 9.17) is 0 Å². The van der Waals surface area contributed by atoms with E-state index in [1.807, 2.05) is 0 Å². The molecule has 12 rings (SSSR count). The van der Waals surface area contributed by atoms with Crippen molar-refractivity contribution in [3.63, 3.8) is 0 Å².